The van der Waals surface area contributed by atoms with Crippen molar-refractivity contribution in [2.24, 2.45) is 5.92 Å². The van der Waals surface area contributed by atoms with Crippen LogP contribution in [0.2, 0.25) is 6.82 Å². The average molecular weight is 173 g/mol. The maximum atomic E-state index is 5.67. The van der Waals surface area contributed by atoms with Gasteiger partial charge in [0.05, 0.1) is 5.34 Å². The van der Waals surface area contributed by atoms with Crippen LogP contribution in [0.15, 0.2) is 0 Å². The average Bonchev–Trinajstić information content (AvgIpc) is 2.04. The number of nitrogens with one attached hydrogen (secondary N) is 1. The summed E-state index contributed by atoms with van der Waals surface area (Å²) in [6, 6.07) is 0.447. The third kappa shape index (κ3) is 1.96. The van der Waals surface area contributed by atoms with Gasteiger partial charge in [-0.1, -0.05) is 13.8 Å². The van der Waals surface area contributed by atoms with E-state index in [-0.39, 0.29) is 12.4 Å². The molecule has 2 nitrogen and oxygen atoms in total. The Labute approximate surface area is 71.8 Å². The zero-order chi connectivity index (χ0) is 8.65. The lowest BCUT2D eigenvalue weighted by Gasteiger charge is -2.29. The molecule has 2 unspecified atom stereocenters. The second-order valence-corrected chi connectivity index (χ2v) is 4.98. The van der Waals surface area contributed by atoms with Crippen molar-refractivity contribution >= 4 is 16.3 Å². The summed E-state index contributed by atoms with van der Waals surface area (Å²) in [5.74, 6) is 0.613. The first-order valence-electron chi connectivity index (χ1n) is 4.16. The van der Waals surface area contributed by atoms with E-state index in [0.717, 1.165) is 0 Å². The van der Waals surface area contributed by atoms with Gasteiger partial charge in [-0.15, -0.1) is 9.24 Å². The van der Waals surface area contributed by atoms with E-state index in [0.29, 0.717) is 12.0 Å². The van der Waals surface area contributed by atoms with Crippen LogP contribution in [0.4, 0.5) is 0 Å². The Hall–Kier alpha value is 0.415. The minimum Gasteiger partial charge on any atom is -0.411 e. The summed E-state index contributed by atoms with van der Waals surface area (Å²) in [7, 11) is 2.96. The standard InChI is InChI=1S/C7H17BNOP/c1-5(2)6-7(3,11)10-8(4)9-6/h5-6,9H,11H2,1-4H3/t6?,7-/m1/s1. The third-order valence-electron chi connectivity index (χ3n) is 2.13. The quantitative estimate of drug-likeness (QED) is 0.477. The molecule has 1 aliphatic heterocycles. The van der Waals surface area contributed by atoms with E-state index in [1.165, 1.54) is 0 Å². The molecule has 0 aromatic carbocycles. The van der Waals surface area contributed by atoms with Crippen LogP contribution < -0.4 is 5.23 Å². The summed E-state index contributed by atoms with van der Waals surface area (Å²) >= 11 is 0. The fraction of sp³-hybridized carbons (Fsp3) is 1.00. The third-order valence-corrected chi connectivity index (χ3v) is 2.62. The van der Waals surface area contributed by atoms with Gasteiger partial charge in [0.25, 0.3) is 0 Å². The van der Waals surface area contributed by atoms with Gasteiger partial charge in [-0.05, 0) is 19.7 Å². The lowest BCUT2D eigenvalue weighted by atomic mass is 9.88. The molecule has 0 radical (unpaired) electrons. The molecule has 1 fully saturated rings. The van der Waals surface area contributed by atoms with Crippen LogP contribution in [-0.4, -0.2) is 18.4 Å². The second-order valence-electron chi connectivity index (χ2n) is 3.83. The van der Waals surface area contributed by atoms with Gasteiger partial charge in [-0.25, -0.2) is 0 Å². The predicted octanol–water partition coefficient (Wildman–Crippen LogP) is 1.34. The Morgan fingerprint density at radius 1 is 1.64 bits per heavy atom. The monoisotopic (exact) mass is 173 g/mol. The smallest absolute Gasteiger partial charge is 0.377 e. The normalized spacial score (nSPS) is 38.7. The summed E-state index contributed by atoms with van der Waals surface area (Å²) in [6.07, 6.45) is 0. The zero-order valence-electron chi connectivity index (χ0n) is 7.72. The van der Waals surface area contributed by atoms with E-state index in [4.69, 9.17) is 4.65 Å². The van der Waals surface area contributed by atoms with Crippen LogP contribution in [0.3, 0.4) is 0 Å². The van der Waals surface area contributed by atoms with Crippen molar-refractivity contribution < 1.29 is 4.65 Å². The number of hydrogen-bond donors (Lipinski definition) is 1. The van der Waals surface area contributed by atoms with Crippen molar-refractivity contribution in [1.29, 1.82) is 0 Å². The van der Waals surface area contributed by atoms with Gasteiger partial charge < -0.3 is 9.88 Å². The number of rotatable bonds is 1. The Balaban J connectivity index is 2.66. The van der Waals surface area contributed by atoms with Crippen LogP contribution in [0, 0.1) is 5.92 Å². The van der Waals surface area contributed by atoms with Crippen molar-refractivity contribution in [2.75, 3.05) is 0 Å². The minimum atomic E-state index is -0.0897. The molecule has 1 saturated heterocycles. The van der Waals surface area contributed by atoms with Crippen LogP contribution >= 0.6 is 9.24 Å². The molecule has 11 heavy (non-hydrogen) atoms. The van der Waals surface area contributed by atoms with Crippen molar-refractivity contribution in [3.8, 4) is 0 Å². The predicted molar refractivity (Wildman–Crippen MR) is 52.6 cm³/mol. The maximum absolute atomic E-state index is 5.67. The molecule has 1 aliphatic rings. The summed E-state index contributed by atoms with van der Waals surface area (Å²) < 4.78 is 5.67. The molecule has 0 aliphatic carbocycles. The molecule has 3 atom stereocenters. The highest BCUT2D eigenvalue weighted by Gasteiger charge is 2.42. The van der Waals surface area contributed by atoms with Gasteiger partial charge in [0.1, 0.15) is 0 Å². The lowest BCUT2D eigenvalue weighted by molar-refractivity contribution is 0.170. The fourth-order valence-corrected chi connectivity index (χ4v) is 2.45. The Morgan fingerprint density at radius 3 is 2.36 bits per heavy atom. The molecule has 1 heterocycles. The van der Waals surface area contributed by atoms with E-state index < -0.39 is 0 Å². The highest BCUT2D eigenvalue weighted by molar-refractivity contribution is 7.19. The summed E-state index contributed by atoms with van der Waals surface area (Å²) in [5, 5.41) is 3.31. The van der Waals surface area contributed by atoms with Crippen LogP contribution in [0.5, 0.6) is 0 Å². The molecule has 0 spiro atoms. The van der Waals surface area contributed by atoms with Crippen LogP contribution in [-0.2, 0) is 4.65 Å². The van der Waals surface area contributed by atoms with E-state index >= 15 is 0 Å². The molecule has 1 rings (SSSR count). The molecule has 4 heteroatoms. The fourth-order valence-electron chi connectivity index (χ4n) is 1.76. The van der Waals surface area contributed by atoms with Gasteiger partial charge in [0.15, 0.2) is 0 Å². The van der Waals surface area contributed by atoms with Crippen molar-refractivity contribution in [3.63, 3.8) is 0 Å². The summed E-state index contributed by atoms with van der Waals surface area (Å²) in [5.41, 5.74) is 0. The molecule has 64 valence electrons. The Morgan fingerprint density at radius 2 is 2.18 bits per heavy atom. The van der Waals surface area contributed by atoms with Gasteiger partial charge in [0, 0.05) is 6.04 Å². The van der Waals surface area contributed by atoms with E-state index in [1.54, 1.807) is 0 Å². The summed E-state index contributed by atoms with van der Waals surface area (Å²) in [6.45, 7) is 8.58. The minimum absolute atomic E-state index is 0.0897. The van der Waals surface area contributed by atoms with Gasteiger partial charge in [0.2, 0.25) is 0 Å². The van der Waals surface area contributed by atoms with E-state index in [1.807, 2.05) is 6.82 Å². The number of hydrogen-bond acceptors (Lipinski definition) is 2. The molecule has 0 bridgehead atoms. The topological polar surface area (TPSA) is 21.3 Å². The second kappa shape index (κ2) is 3.04. The van der Waals surface area contributed by atoms with Gasteiger partial charge in [-0.2, -0.15) is 0 Å². The van der Waals surface area contributed by atoms with Crippen molar-refractivity contribution in [1.82, 2.24) is 5.23 Å². The van der Waals surface area contributed by atoms with Gasteiger partial charge >= 0.3 is 7.05 Å². The summed E-state index contributed by atoms with van der Waals surface area (Å²) in [4.78, 5) is 0. The first kappa shape index (κ1) is 9.50. The molecule has 0 aromatic rings. The molecule has 0 aromatic heterocycles. The maximum Gasteiger partial charge on any atom is 0.377 e. The largest absolute Gasteiger partial charge is 0.411 e. The first-order chi connectivity index (χ1) is 4.93. The van der Waals surface area contributed by atoms with Crippen molar-refractivity contribution in [2.45, 2.75) is 39.0 Å². The van der Waals surface area contributed by atoms with Crippen LogP contribution in [0.1, 0.15) is 20.8 Å². The molecular formula is C7H17BNOP. The van der Waals surface area contributed by atoms with E-state index in [2.05, 4.69) is 35.2 Å². The van der Waals surface area contributed by atoms with E-state index in [9.17, 15) is 0 Å². The SMILES string of the molecule is CB1NC(C(C)C)[C@@](C)(P)O1. The zero-order valence-corrected chi connectivity index (χ0v) is 8.87. The molecule has 0 saturated carbocycles. The highest BCUT2D eigenvalue weighted by Crippen LogP contribution is 2.33. The lowest BCUT2D eigenvalue weighted by Crippen LogP contribution is -2.41. The van der Waals surface area contributed by atoms with Crippen molar-refractivity contribution in [3.05, 3.63) is 0 Å². The molecule has 0 amide bonds. The Bertz CT molecular complexity index is 151. The van der Waals surface area contributed by atoms with Crippen LogP contribution in [0.25, 0.3) is 0 Å². The molecule has 1 N–H and O–H groups in total. The highest BCUT2D eigenvalue weighted by atomic mass is 31.0. The Kier molecular flexibility index (Phi) is 2.63. The van der Waals surface area contributed by atoms with Gasteiger partial charge in [-0.3, -0.25) is 0 Å². The first-order valence-corrected chi connectivity index (χ1v) is 4.74. The molecular weight excluding hydrogens is 156 g/mol.